The Labute approximate surface area is 219 Å². The number of ether oxygens (including phenoxy) is 2. The van der Waals surface area contributed by atoms with Crippen LogP contribution in [0.3, 0.4) is 0 Å². The maximum absolute atomic E-state index is 13.1. The number of carbonyl (C=O) groups is 2. The summed E-state index contributed by atoms with van der Waals surface area (Å²) in [5.74, 6) is 0.00253. The fraction of sp³-hybridized carbons (Fsp3) is 0.179. The van der Waals surface area contributed by atoms with Crippen LogP contribution in [0.1, 0.15) is 18.2 Å². The van der Waals surface area contributed by atoms with Gasteiger partial charge in [0, 0.05) is 11.1 Å². The smallest absolute Gasteiger partial charge is 0.419 e. The summed E-state index contributed by atoms with van der Waals surface area (Å²) in [5, 5.41) is 13.7. The molecule has 0 saturated heterocycles. The number of aromatic nitrogens is 1. The van der Waals surface area contributed by atoms with Gasteiger partial charge in [0.2, 0.25) is 0 Å². The number of hydrogen-bond acceptors (Lipinski definition) is 6. The number of methoxy groups -OCH3 is 1. The predicted molar refractivity (Wildman–Crippen MR) is 141 cm³/mol. The molecule has 8 nitrogen and oxygen atoms in total. The minimum Gasteiger partial charge on any atom is -0.496 e. The fourth-order valence-electron chi connectivity index (χ4n) is 4.04. The quantitative estimate of drug-likeness (QED) is 0.269. The van der Waals surface area contributed by atoms with Crippen LogP contribution in [0.5, 0.6) is 5.75 Å². The van der Waals surface area contributed by atoms with E-state index in [0.717, 1.165) is 5.56 Å². The van der Waals surface area contributed by atoms with E-state index in [1.165, 1.54) is 4.90 Å². The second-order valence-electron chi connectivity index (χ2n) is 8.12. The van der Waals surface area contributed by atoms with Gasteiger partial charge in [-0.3, -0.25) is 4.79 Å². The van der Waals surface area contributed by atoms with Crippen LogP contribution in [0.25, 0.3) is 22.5 Å². The van der Waals surface area contributed by atoms with Crippen molar-refractivity contribution in [2.75, 3.05) is 18.6 Å². The number of amides is 1. The van der Waals surface area contributed by atoms with E-state index in [1.54, 1.807) is 63.4 Å². The van der Waals surface area contributed by atoms with Crippen molar-refractivity contribution in [1.82, 2.24) is 5.16 Å². The average Bonchev–Trinajstić information content (AvgIpc) is 3.26. The van der Waals surface area contributed by atoms with E-state index in [4.69, 9.17) is 25.6 Å². The highest BCUT2D eigenvalue weighted by Crippen LogP contribution is 2.42. The molecule has 4 rings (SSSR count). The second kappa shape index (κ2) is 11.2. The lowest BCUT2D eigenvalue weighted by molar-refractivity contribution is -0.136. The van der Waals surface area contributed by atoms with Crippen LogP contribution in [0.2, 0.25) is 5.02 Å². The van der Waals surface area contributed by atoms with Gasteiger partial charge in [-0.25, -0.2) is 9.69 Å². The van der Waals surface area contributed by atoms with Crippen molar-refractivity contribution in [3.63, 3.8) is 0 Å². The zero-order valence-corrected chi connectivity index (χ0v) is 21.3. The molecule has 9 heteroatoms. The number of aryl methyl sites for hydroxylation is 1. The van der Waals surface area contributed by atoms with Crippen molar-refractivity contribution in [2.24, 2.45) is 0 Å². The molecule has 0 spiro atoms. The van der Waals surface area contributed by atoms with E-state index >= 15 is 0 Å². The summed E-state index contributed by atoms with van der Waals surface area (Å²) in [6, 6.07) is 19.6. The van der Waals surface area contributed by atoms with E-state index in [9.17, 15) is 14.7 Å². The average molecular weight is 521 g/mol. The van der Waals surface area contributed by atoms with Crippen LogP contribution >= 0.6 is 11.6 Å². The molecule has 3 aromatic carbocycles. The Bertz CT molecular complexity index is 1450. The van der Waals surface area contributed by atoms with E-state index in [-0.39, 0.29) is 13.0 Å². The number of carboxylic acids is 1. The zero-order chi connectivity index (χ0) is 26.5. The normalized spacial score (nSPS) is 10.7. The van der Waals surface area contributed by atoms with Crippen molar-refractivity contribution in [3.05, 3.63) is 83.0 Å². The van der Waals surface area contributed by atoms with Gasteiger partial charge in [-0.15, -0.1) is 0 Å². The largest absolute Gasteiger partial charge is 0.496 e. The summed E-state index contributed by atoms with van der Waals surface area (Å²) in [6.07, 6.45) is -0.739. The Hall–Kier alpha value is -4.30. The predicted octanol–water partition coefficient (Wildman–Crippen LogP) is 6.90. The molecule has 0 bridgehead atoms. The summed E-state index contributed by atoms with van der Waals surface area (Å²) in [7, 11) is 1.55. The first-order valence-corrected chi connectivity index (χ1v) is 11.9. The summed E-state index contributed by atoms with van der Waals surface area (Å²) in [5.41, 5.74) is 4.05. The van der Waals surface area contributed by atoms with E-state index in [2.05, 4.69) is 5.16 Å². The molecule has 0 radical (unpaired) electrons. The number of para-hydroxylation sites is 1. The first-order valence-electron chi connectivity index (χ1n) is 11.5. The number of benzene rings is 3. The lowest BCUT2D eigenvalue weighted by Gasteiger charge is -2.23. The molecule has 0 aliphatic carbocycles. The molecule has 1 N–H and O–H groups in total. The number of carbonyl (C=O) groups excluding carboxylic acids is 1. The first-order chi connectivity index (χ1) is 17.8. The Morgan fingerprint density at radius 2 is 1.81 bits per heavy atom. The van der Waals surface area contributed by atoms with Crippen molar-refractivity contribution in [1.29, 1.82) is 0 Å². The highest BCUT2D eigenvalue weighted by Gasteiger charge is 2.30. The molecule has 1 aromatic heterocycles. The topological polar surface area (TPSA) is 102 Å². The Morgan fingerprint density at radius 1 is 1.05 bits per heavy atom. The number of anilines is 2. The molecule has 0 unspecified atom stereocenters. The summed E-state index contributed by atoms with van der Waals surface area (Å²) < 4.78 is 16.6. The van der Waals surface area contributed by atoms with Crippen molar-refractivity contribution in [3.8, 4) is 28.2 Å². The number of rotatable bonds is 8. The number of hydrogen-bond donors (Lipinski definition) is 1. The molecule has 0 atom stereocenters. The molecule has 1 amide bonds. The number of aliphatic carboxylic acids is 1. The molecule has 4 aromatic rings. The van der Waals surface area contributed by atoms with Crippen molar-refractivity contribution < 1.29 is 28.7 Å². The van der Waals surface area contributed by atoms with Crippen LogP contribution in [-0.2, 0) is 16.0 Å². The first kappa shape index (κ1) is 25.8. The van der Waals surface area contributed by atoms with Gasteiger partial charge in [-0.05, 0) is 55.3 Å². The minimum absolute atomic E-state index is 0.117. The maximum atomic E-state index is 13.1. The third-order valence-corrected chi connectivity index (χ3v) is 5.97. The molecule has 1 heterocycles. The Morgan fingerprint density at radius 3 is 2.51 bits per heavy atom. The monoisotopic (exact) mass is 520 g/mol. The number of halogens is 1. The fourth-order valence-corrected chi connectivity index (χ4v) is 4.26. The molecule has 0 saturated carbocycles. The molecule has 0 aliphatic rings. The van der Waals surface area contributed by atoms with Crippen LogP contribution < -0.4 is 9.64 Å². The van der Waals surface area contributed by atoms with E-state index < -0.39 is 12.1 Å². The highest BCUT2D eigenvalue weighted by atomic mass is 35.5. The van der Waals surface area contributed by atoms with Gasteiger partial charge < -0.3 is 19.1 Å². The van der Waals surface area contributed by atoms with E-state index in [0.29, 0.717) is 50.3 Å². The lowest BCUT2D eigenvalue weighted by Crippen LogP contribution is -2.27. The molecular weight excluding hydrogens is 496 g/mol. The summed E-state index contributed by atoms with van der Waals surface area (Å²) >= 11 is 6.46. The standard InChI is InChI=1S/C28H25ClN2O6/c1-4-36-28(34)31(23-11-6-5-10-22(23)29)26-17(2)30-37-27(26)20-9-7-8-19(16-20)21-14-18(15-25(32)33)12-13-24(21)35-3/h5-14,16H,4,15H2,1-3H3,(H,32,33). The van der Waals surface area contributed by atoms with Gasteiger partial charge in [0.05, 0.1) is 30.8 Å². The van der Waals surface area contributed by atoms with Crippen molar-refractivity contribution >= 4 is 35.0 Å². The number of carboxylic acid groups (broad SMARTS) is 1. The van der Waals surface area contributed by atoms with Crippen LogP contribution in [0, 0.1) is 6.92 Å². The number of nitrogens with zero attached hydrogens (tertiary/aromatic N) is 2. The SMILES string of the molecule is CCOC(=O)N(c1ccccc1Cl)c1c(C)noc1-c1cccc(-c2cc(CC(=O)O)ccc2OC)c1. The van der Waals surface area contributed by atoms with Gasteiger partial charge in [0.1, 0.15) is 17.1 Å². The molecule has 37 heavy (non-hydrogen) atoms. The third kappa shape index (κ3) is 5.44. The molecule has 0 aliphatic heterocycles. The van der Waals surface area contributed by atoms with Crippen molar-refractivity contribution in [2.45, 2.75) is 20.3 Å². The minimum atomic E-state index is -0.926. The Balaban J connectivity index is 1.86. The lowest BCUT2D eigenvalue weighted by atomic mass is 9.98. The van der Waals surface area contributed by atoms with Gasteiger partial charge in [-0.1, -0.05) is 53.2 Å². The molecule has 190 valence electrons. The maximum Gasteiger partial charge on any atom is 0.419 e. The van der Waals surface area contributed by atoms with E-state index in [1.807, 2.05) is 24.3 Å². The summed E-state index contributed by atoms with van der Waals surface area (Å²) in [6.45, 7) is 3.62. The van der Waals surface area contributed by atoms with Gasteiger partial charge in [0.25, 0.3) is 0 Å². The van der Waals surface area contributed by atoms with Crippen LogP contribution in [0.4, 0.5) is 16.2 Å². The summed E-state index contributed by atoms with van der Waals surface area (Å²) in [4.78, 5) is 25.7. The van der Waals surface area contributed by atoms with Crippen LogP contribution in [-0.4, -0.2) is 36.0 Å². The molecule has 0 fully saturated rings. The second-order valence-corrected chi connectivity index (χ2v) is 8.52. The van der Waals surface area contributed by atoms with Gasteiger partial charge >= 0.3 is 12.1 Å². The zero-order valence-electron chi connectivity index (χ0n) is 20.5. The third-order valence-electron chi connectivity index (χ3n) is 5.65. The van der Waals surface area contributed by atoms with Crippen LogP contribution in [0.15, 0.2) is 71.3 Å². The Kier molecular flexibility index (Phi) is 7.79. The van der Waals surface area contributed by atoms with Gasteiger partial charge in [0.15, 0.2) is 5.76 Å². The highest BCUT2D eigenvalue weighted by molar-refractivity contribution is 6.34. The molecular formula is C28H25ClN2O6. The van der Waals surface area contributed by atoms with Gasteiger partial charge in [-0.2, -0.15) is 0 Å².